The number of aryl methyl sites for hydroxylation is 1. The first-order valence-electron chi connectivity index (χ1n) is 9.07. The quantitative estimate of drug-likeness (QED) is 0.607. The number of hydrogen-bond acceptors (Lipinski definition) is 4. The van der Waals surface area contributed by atoms with Crippen LogP contribution in [0.5, 0.6) is 5.75 Å². The number of imidazole rings is 1. The molecule has 4 rings (SSSR count). The lowest BCUT2D eigenvalue weighted by Crippen LogP contribution is -2.37. The summed E-state index contributed by atoms with van der Waals surface area (Å²) in [7, 11) is 1.94. The number of morpholine rings is 1. The van der Waals surface area contributed by atoms with E-state index in [0.29, 0.717) is 31.8 Å². The van der Waals surface area contributed by atoms with E-state index < -0.39 is 6.36 Å². The van der Waals surface area contributed by atoms with Crippen molar-refractivity contribution in [3.05, 3.63) is 58.9 Å². The van der Waals surface area contributed by atoms with Gasteiger partial charge in [0.2, 0.25) is 0 Å². The molecule has 1 aliphatic rings. The van der Waals surface area contributed by atoms with Gasteiger partial charge in [0.25, 0.3) is 0 Å². The van der Waals surface area contributed by atoms with Crippen LogP contribution in [0.25, 0.3) is 11.0 Å². The summed E-state index contributed by atoms with van der Waals surface area (Å²) in [6.45, 7) is 2.26. The second-order valence-electron chi connectivity index (χ2n) is 7.04. The van der Waals surface area contributed by atoms with Gasteiger partial charge in [0.1, 0.15) is 5.75 Å². The first-order chi connectivity index (χ1) is 13.8. The molecular weight excluding hydrogens is 407 g/mol. The Morgan fingerprint density at radius 3 is 2.86 bits per heavy atom. The maximum absolute atomic E-state index is 12.5. The van der Waals surface area contributed by atoms with Gasteiger partial charge in [-0.1, -0.05) is 17.7 Å². The first kappa shape index (κ1) is 20.0. The van der Waals surface area contributed by atoms with Gasteiger partial charge in [-0.25, -0.2) is 4.98 Å². The van der Waals surface area contributed by atoms with Crippen molar-refractivity contribution in [1.29, 1.82) is 0 Å². The van der Waals surface area contributed by atoms with Crippen LogP contribution in [0.2, 0.25) is 5.02 Å². The average Bonchev–Trinajstić information content (AvgIpc) is 3.00. The van der Waals surface area contributed by atoms with Crippen molar-refractivity contribution in [2.75, 3.05) is 19.7 Å². The van der Waals surface area contributed by atoms with Crippen LogP contribution in [0.1, 0.15) is 17.2 Å². The molecule has 29 heavy (non-hydrogen) atoms. The fraction of sp³-hybridized carbons (Fsp3) is 0.350. The average molecular weight is 426 g/mol. The van der Waals surface area contributed by atoms with Crippen molar-refractivity contribution in [2.45, 2.75) is 19.0 Å². The number of nitrogens with zero attached hydrogens (tertiary/aromatic N) is 3. The molecule has 1 atom stereocenters. The van der Waals surface area contributed by atoms with Crippen LogP contribution in [0.15, 0.2) is 42.7 Å². The van der Waals surface area contributed by atoms with E-state index in [1.165, 1.54) is 6.07 Å². The smallest absolute Gasteiger partial charge is 0.406 e. The zero-order valence-electron chi connectivity index (χ0n) is 15.6. The molecule has 0 radical (unpaired) electrons. The van der Waals surface area contributed by atoms with Gasteiger partial charge in [-0.05, 0) is 41.5 Å². The van der Waals surface area contributed by atoms with Crippen LogP contribution in [-0.2, 0) is 18.3 Å². The minimum Gasteiger partial charge on any atom is -0.406 e. The molecule has 0 N–H and O–H groups in total. The molecule has 2 aromatic carbocycles. The van der Waals surface area contributed by atoms with Gasteiger partial charge in [0.05, 0.1) is 30.1 Å². The Labute approximate surface area is 170 Å². The number of halogens is 4. The molecule has 5 nitrogen and oxygen atoms in total. The molecule has 1 unspecified atom stereocenters. The SMILES string of the molecule is Cn1cnc2ccc(C3CN(Cc4cc(Cl)cc(OC(F)(F)F)c4)CCO3)cc21. The second kappa shape index (κ2) is 7.85. The van der Waals surface area contributed by atoms with Crippen LogP contribution in [0.3, 0.4) is 0 Å². The van der Waals surface area contributed by atoms with E-state index in [-0.39, 0.29) is 16.9 Å². The molecule has 1 aromatic heterocycles. The molecule has 154 valence electrons. The standard InChI is InChI=1S/C20H19ClF3N3O2/c1-26-12-25-17-3-2-14(8-18(17)26)19-11-27(4-5-28-19)10-13-6-15(21)9-16(7-13)29-20(22,23)24/h2-3,6-9,12,19H,4-5,10-11H2,1H3. The zero-order chi connectivity index (χ0) is 20.6. The highest BCUT2D eigenvalue weighted by atomic mass is 35.5. The molecule has 0 amide bonds. The highest BCUT2D eigenvalue weighted by Gasteiger charge is 2.31. The predicted octanol–water partition coefficient (Wildman–Crippen LogP) is 4.70. The Hall–Kier alpha value is -2.29. The van der Waals surface area contributed by atoms with Crippen LogP contribution in [0.4, 0.5) is 13.2 Å². The molecule has 0 saturated carbocycles. The number of aromatic nitrogens is 2. The Kier molecular flexibility index (Phi) is 5.42. The molecule has 9 heteroatoms. The molecule has 1 saturated heterocycles. The molecule has 3 aromatic rings. The number of rotatable bonds is 4. The Morgan fingerprint density at radius 2 is 2.07 bits per heavy atom. The molecule has 0 bridgehead atoms. The minimum atomic E-state index is -4.75. The van der Waals surface area contributed by atoms with Gasteiger partial charge in [0.15, 0.2) is 0 Å². The lowest BCUT2D eigenvalue weighted by Gasteiger charge is -2.33. The van der Waals surface area contributed by atoms with E-state index in [1.54, 1.807) is 12.4 Å². The molecular formula is C20H19ClF3N3O2. The van der Waals surface area contributed by atoms with E-state index in [9.17, 15) is 13.2 Å². The summed E-state index contributed by atoms with van der Waals surface area (Å²) in [5, 5.41) is 0.202. The highest BCUT2D eigenvalue weighted by Crippen LogP contribution is 2.29. The van der Waals surface area contributed by atoms with E-state index in [0.717, 1.165) is 22.7 Å². The van der Waals surface area contributed by atoms with Crippen LogP contribution in [-0.4, -0.2) is 40.5 Å². The fourth-order valence-electron chi connectivity index (χ4n) is 3.55. The van der Waals surface area contributed by atoms with E-state index in [2.05, 4.69) is 20.7 Å². The van der Waals surface area contributed by atoms with E-state index >= 15 is 0 Å². The Morgan fingerprint density at radius 1 is 1.24 bits per heavy atom. The van der Waals surface area contributed by atoms with E-state index in [1.807, 2.05) is 23.7 Å². The van der Waals surface area contributed by atoms with Crippen molar-refractivity contribution in [2.24, 2.45) is 7.05 Å². The van der Waals surface area contributed by atoms with Crippen molar-refractivity contribution in [3.8, 4) is 5.75 Å². The molecule has 2 heterocycles. The minimum absolute atomic E-state index is 0.131. The number of fused-ring (bicyclic) bond motifs is 1. The van der Waals surface area contributed by atoms with Gasteiger partial charge >= 0.3 is 6.36 Å². The summed E-state index contributed by atoms with van der Waals surface area (Å²) in [5.41, 5.74) is 3.63. The van der Waals surface area contributed by atoms with Gasteiger partial charge in [-0.3, -0.25) is 4.90 Å². The van der Waals surface area contributed by atoms with Gasteiger partial charge in [-0.15, -0.1) is 13.2 Å². The van der Waals surface area contributed by atoms with Crippen molar-refractivity contribution >= 4 is 22.6 Å². The number of alkyl halides is 3. The van der Waals surface area contributed by atoms with E-state index in [4.69, 9.17) is 16.3 Å². The third-order valence-electron chi connectivity index (χ3n) is 4.84. The van der Waals surface area contributed by atoms with Crippen LogP contribution in [0, 0.1) is 0 Å². The van der Waals surface area contributed by atoms with Gasteiger partial charge in [-0.2, -0.15) is 0 Å². The molecule has 1 fully saturated rings. The lowest BCUT2D eigenvalue weighted by atomic mass is 10.1. The Balaban J connectivity index is 1.49. The molecule has 0 aliphatic carbocycles. The predicted molar refractivity (Wildman–Crippen MR) is 103 cm³/mol. The fourth-order valence-corrected chi connectivity index (χ4v) is 3.80. The number of benzene rings is 2. The summed E-state index contributed by atoms with van der Waals surface area (Å²) in [6, 6.07) is 10.2. The topological polar surface area (TPSA) is 39.5 Å². The third-order valence-corrected chi connectivity index (χ3v) is 5.06. The van der Waals surface area contributed by atoms with Crippen LogP contribution >= 0.6 is 11.6 Å². The summed E-state index contributed by atoms with van der Waals surface area (Å²) < 4.78 is 49.5. The second-order valence-corrected chi connectivity index (χ2v) is 7.48. The Bertz CT molecular complexity index is 1020. The van der Waals surface area contributed by atoms with Gasteiger partial charge in [0, 0.05) is 31.7 Å². The summed E-state index contributed by atoms with van der Waals surface area (Å²) in [6.07, 6.45) is -3.12. The molecule has 0 spiro atoms. The van der Waals surface area contributed by atoms with Crippen molar-refractivity contribution in [1.82, 2.24) is 14.5 Å². The van der Waals surface area contributed by atoms with Crippen molar-refractivity contribution in [3.63, 3.8) is 0 Å². The third kappa shape index (κ3) is 4.83. The van der Waals surface area contributed by atoms with Gasteiger partial charge < -0.3 is 14.0 Å². The maximum atomic E-state index is 12.5. The largest absolute Gasteiger partial charge is 0.573 e. The highest BCUT2D eigenvalue weighted by molar-refractivity contribution is 6.30. The monoisotopic (exact) mass is 425 g/mol. The maximum Gasteiger partial charge on any atom is 0.573 e. The summed E-state index contributed by atoms with van der Waals surface area (Å²) >= 11 is 5.98. The summed E-state index contributed by atoms with van der Waals surface area (Å²) in [4.78, 5) is 6.45. The zero-order valence-corrected chi connectivity index (χ0v) is 16.4. The molecule has 1 aliphatic heterocycles. The normalized spacial score (nSPS) is 18.3. The first-order valence-corrected chi connectivity index (χ1v) is 9.45. The summed E-state index contributed by atoms with van der Waals surface area (Å²) in [5.74, 6) is -0.313. The van der Waals surface area contributed by atoms with Crippen molar-refractivity contribution < 1.29 is 22.6 Å². The van der Waals surface area contributed by atoms with Crippen LogP contribution < -0.4 is 4.74 Å². The number of ether oxygens (including phenoxy) is 2. The lowest BCUT2D eigenvalue weighted by molar-refractivity contribution is -0.274. The number of hydrogen-bond donors (Lipinski definition) is 0.